The largest absolute Gasteiger partial charge is 0.370 e. The van der Waals surface area contributed by atoms with E-state index in [1.807, 2.05) is 12.1 Å². The lowest BCUT2D eigenvalue weighted by molar-refractivity contribution is -0.119. The number of nitrogens with one attached hydrogen (secondary N) is 1. The molecule has 0 radical (unpaired) electrons. The number of halogens is 1. The van der Waals surface area contributed by atoms with E-state index in [1.165, 1.54) is 0 Å². The first kappa shape index (κ1) is 26.7. The van der Waals surface area contributed by atoms with Gasteiger partial charge in [-0.15, -0.1) is 24.0 Å². The van der Waals surface area contributed by atoms with Gasteiger partial charge < -0.3 is 16.0 Å². The minimum atomic E-state index is -3.38. The second-order valence-electron chi connectivity index (χ2n) is 8.69. The van der Waals surface area contributed by atoms with Gasteiger partial charge in [0.05, 0.1) is 10.6 Å². The summed E-state index contributed by atoms with van der Waals surface area (Å²) in [4.78, 5) is 17.9. The summed E-state index contributed by atoms with van der Waals surface area (Å²) in [6, 6.07) is 7.13. The number of carbonyl (C=O) groups excluding carboxylic acids is 1. The zero-order valence-corrected chi connectivity index (χ0v) is 21.5. The molecule has 1 fully saturated rings. The average molecular weight is 551 g/mol. The Morgan fingerprint density at radius 3 is 2.43 bits per heavy atom. The summed E-state index contributed by atoms with van der Waals surface area (Å²) < 4.78 is 25.3. The Kier molecular flexibility index (Phi) is 10.1. The molecule has 1 heterocycles. The Balaban J connectivity index is 0.00000450. The van der Waals surface area contributed by atoms with Crippen LogP contribution in [0, 0.1) is 5.92 Å². The molecule has 0 aliphatic carbocycles. The zero-order chi connectivity index (χ0) is 21.7. The van der Waals surface area contributed by atoms with E-state index in [9.17, 15) is 13.2 Å². The lowest BCUT2D eigenvalue weighted by Crippen LogP contribution is -2.48. The molecule has 1 saturated heterocycles. The predicted octanol–water partition coefficient (Wildman–Crippen LogP) is 2.54. The molecule has 30 heavy (non-hydrogen) atoms. The van der Waals surface area contributed by atoms with Gasteiger partial charge in [0.15, 0.2) is 15.8 Å². The third-order valence-corrected chi connectivity index (χ3v) is 6.99. The Bertz CT molecular complexity index is 833. The molecule has 170 valence electrons. The standard InChI is InChI=1S/C21H34N4O3S.HI/c1-21(2,3)17-7-9-18(10-8-17)29(27,28)13-11-24-20(23-4)25-12-5-6-16(15-25)14-19(22)26;/h7-10,16H,5-6,11-15H2,1-4H3,(H2,22,26)(H,23,24);1H. The minimum absolute atomic E-state index is 0. The number of benzene rings is 1. The lowest BCUT2D eigenvalue weighted by Gasteiger charge is -2.34. The fourth-order valence-corrected chi connectivity index (χ4v) is 4.78. The molecule has 1 aliphatic heterocycles. The van der Waals surface area contributed by atoms with Crippen LogP contribution in [0.3, 0.4) is 0 Å². The van der Waals surface area contributed by atoms with Crippen LogP contribution in [-0.2, 0) is 20.0 Å². The Morgan fingerprint density at radius 1 is 1.27 bits per heavy atom. The number of likely N-dealkylation sites (tertiary alicyclic amines) is 1. The smallest absolute Gasteiger partial charge is 0.217 e. The van der Waals surface area contributed by atoms with Crippen LogP contribution < -0.4 is 11.1 Å². The number of nitrogens with zero attached hydrogens (tertiary/aromatic N) is 2. The number of carbonyl (C=O) groups is 1. The van der Waals surface area contributed by atoms with Crippen molar-refractivity contribution >= 4 is 45.7 Å². The van der Waals surface area contributed by atoms with Crippen molar-refractivity contribution in [2.75, 3.05) is 32.4 Å². The highest BCUT2D eigenvalue weighted by molar-refractivity contribution is 14.0. The Morgan fingerprint density at radius 2 is 1.90 bits per heavy atom. The highest BCUT2D eigenvalue weighted by atomic mass is 127. The number of amides is 1. The van der Waals surface area contributed by atoms with E-state index >= 15 is 0 Å². The molecule has 1 atom stereocenters. The SMILES string of the molecule is CN=C(NCCS(=O)(=O)c1ccc(C(C)(C)C)cc1)N1CCCC(CC(N)=O)C1.I. The van der Waals surface area contributed by atoms with Gasteiger partial charge >= 0.3 is 0 Å². The van der Waals surface area contributed by atoms with E-state index in [0.29, 0.717) is 23.8 Å². The van der Waals surface area contributed by atoms with Crippen LogP contribution >= 0.6 is 24.0 Å². The molecule has 0 spiro atoms. The third kappa shape index (κ3) is 7.72. The monoisotopic (exact) mass is 550 g/mol. The molecule has 3 N–H and O–H groups in total. The molecule has 1 amide bonds. The lowest BCUT2D eigenvalue weighted by atomic mass is 9.87. The Hall–Kier alpha value is -1.36. The van der Waals surface area contributed by atoms with Gasteiger partial charge in [0.1, 0.15) is 0 Å². The average Bonchev–Trinajstić information content (AvgIpc) is 2.64. The topological polar surface area (TPSA) is 105 Å². The summed E-state index contributed by atoms with van der Waals surface area (Å²) in [7, 11) is -1.70. The molecule has 0 aromatic heterocycles. The normalized spacial score (nSPS) is 17.9. The van der Waals surface area contributed by atoms with Crippen molar-refractivity contribution in [3.63, 3.8) is 0 Å². The summed E-state index contributed by atoms with van der Waals surface area (Å²) >= 11 is 0. The van der Waals surface area contributed by atoms with Gasteiger partial charge in [-0.1, -0.05) is 32.9 Å². The number of nitrogens with two attached hydrogens (primary N) is 1. The number of primary amides is 1. The molecule has 1 unspecified atom stereocenters. The van der Waals surface area contributed by atoms with Gasteiger partial charge in [0, 0.05) is 33.1 Å². The summed E-state index contributed by atoms with van der Waals surface area (Å²) in [6.07, 6.45) is 2.29. The maximum atomic E-state index is 12.7. The van der Waals surface area contributed by atoms with Gasteiger partial charge in [0.2, 0.25) is 5.91 Å². The number of rotatable bonds is 6. The molecular weight excluding hydrogens is 515 g/mol. The minimum Gasteiger partial charge on any atom is -0.370 e. The molecule has 1 aliphatic rings. The van der Waals surface area contributed by atoms with E-state index in [1.54, 1.807) is 19.2 Å². The van der Waals surface area contributed by atoms with Crippen LogP contribution in [0.5, 0.6) is 0 Å². The van der Waals surface area contributed by atoms with Gasteiger partial charge in [-0.25, -0.2) is 8.42 Å². The van der Waals surface area contributed by atoms with Crippen molar-refractivity contribution < 1.29 is 13.2 Å². The van der Waals surface area contributed by atoms with E-state index in [4.69, 9.17) is 5.73 Å². The van der Waals surface area contributed by atoms with Crippen LogP contribution in [0.15, 0.2) is 34.2 Å². The molecule has 2 rings (SSSR count). The molecule has 1 aromatic rings. The summed E-state index contributed by atoms with van der Waals surface area (Å²) in [5.74, 6) is 0.574. The number of guanidine groups is 1. The predicted molar refractivity (Wildman–Crippen MR) is 132 cm³/mol. The maximum Gasteiger partial charge on any atom is 0.217 e. The number of hydrogen-bond acceptors (Lipinski definition) is 4. The summed E-state index contributed by atoms with van der Waals surface area (Å²) in [6.45, 7) is 8.09. The number of aliphatic imine (C=N–C) groups is 1. The van der Waals surface area contributed by atoms with Crippen LogP contribution in [0.4, 0.5) is 0 Å². The molecule has 0 bridgehead atoms. The van der Waals surface area contributed by atoms with Gasteiger partial charge in [-0.2, -0.15) is 0 Å². The van der Waals surface area contributed by atoms with Crippen molar-refractivity contribution in [2.45, 2.75) is 50.3 Å². The van der Waals surface area contributed by atoms with Crippen LogP contribution in [-0.4, -0.2) is 57.6 Å². The molecule has 9 heteroatoms. The second-order valence-corrected chi connectivity index (χ2v) is 10.8. The van der Waals surface area contributed by atoms with E-state index < -0.39 is 9.84 Å². The van der Waals surface area contributed by atoms with Gasteiger partial charge in [-0.3, -0.25) is 9.79 Å². The summed E-state index contributed by atoms with van der Waals surface area (Å²) in [5, 5.41) is 3.16. The highest BCUT2D eigenvalue weighted by Gasteiger charge is 2.24. The van der Waals surface area contributed by atoms with Gasteiger partial charge in [0.25, 0.3) is 0 Å². The Labute approximate surface area is 197 Å². The fraction of sp³-hybridized carbons (Fsp3) is 0.619. The fourth-order valence-electron chi connectivity index (χ4n) is 3.62. The zero-order valence-electron chi connectivity index (χ0n) is 18.3. The van der Waals surface area contributed by atoms with E-state index in [0.717, 1.165) is 24.9 Å². The summed E-state index contributed by atoms with van der Waals surface area (Å²) in [5.41, 5.74) is 6.41. The quantitative estimate of drug-likeness (QED) is 0.322. The van der Waals surface area contributed by atoms with E-state index in [2.05, 4.69) is 36.0 Å². The van der Waals surface area contributed by atoms with Gasteiger partial charge in [-0.05, 0) is 41.9 Å². The van der Waals surface area contributed by atoms with Crippen molar-refractivity contribution in [1.82, 2.24) is 10.2 Å². The number of piperidine rings is 1. The number of hydrogen-bond donors (Lipinski definition) is 2. The van der Waals surface area contributed by atoms with Crippen molar-refractivity contribution in [1.29, 1.82) is 0 Å². The second kappa shape index (κ2) is 11.3. The first-order valence-electron chi connectivity index (χ1n) is 10.1. The van der Waals surface area contributed by atoms with Crippen LogP contribution in [0.2, 0.25) is 0 Å². The van der Waals surface area contributed by atoms with E-state index in [-0.39, 0.29) is 53.5 Å². The van der Waals surface area contributed by atoms with Crippen molar-refractivity contribution in [2.24, 2.45) is 16.6 Å². The highest BCUT2D eigenvalue weighted by Crippen LogP contribution is 2.24. The van der Waals surface area contributed by atoms with Crippen molar-refractivity contribution in [3.8, 4) is 0 Å². The molecule has 7 nitrogen and oxygen atoms in total. The van der Waals surface area contributed by atoms with Crippen molar-refractivity contribution in [3.05, 3.63) is 29.8 Å². The first-order chi connectivity index (χ1) is 13.5. The third-order valence-electron chi connectivity index (χ3n) is 5.25. The van der Waals surface area contributed by atoms with Crippen LogP contribution in [0.25, 0.3) is 0 Å². The van der Waals surface area contributed by atoms with Crippen LogP contribution in [0.1, 0.15) is 45.6 Å². The first-order valence-corrected chi connectivity index (χ1v) is 11.8. The maximum absolute atomic E-state index is 12.7. The molecule has 1 aromatic carbocycles. The molecular formula is C21H35IN4O3S. The number of sulfone groups is 1. The molecule has 0 saturated carbocycles.